The van der Waals surface area contributed by atoms with Crippen LogP contribution in [0.2, 0.25) is 0 Å². The molecule has 2 aromatic carbocycles. The fourth-order valence-electron chi connectivity index (χ4n) is 2.48. The monoisotopic (exact) mass is 313 g/mol. The molecule has 4 heteroatoms. The van der Waals surface area contributed by atoms with E-state index in [1.165, 1.54) is 11.1 Å². The average Bonchev–Trinajstić information content (AvgIpc) is 2.56. The van der Waals surface area contributed by atoms with Gasteiger partial charge in [0.25, 0.3) is 0 Å². The Kier molecular flexibility index (Phi) is 6.03. The highest BCUT2D eigenvalue weighted by molar-refractivity contribution is 5.92. The van der Waals surface area contributed by atoms with Crippen LogP contribution >= 0.6 is 0 Å². The van der Waals surface area contributed by atoms with Gasteiger partial charge in [-0.1, -0.05) is 18.2 Å². The fourth-order valence-corrected chi connectivity index (χ4v) is 2.48. The van der Waals surface area contributed by atoms with Crippen LogP contribution in [0.4, 0.5) is 5.69 Å². The molecular formula is C19H23NO3. The predicted molar refractivity (Wildman–Crippen MR) is 92.3 cm³/mol. The molecule has 1 amide bonds. The third kappa shape index (κ3) is 4.74. The van der Waals surface area contributed by atoms with Crippen LogP contribution in [0, 0.1) is 6.92 Å². The molecule has 0 spiro atoms. The lowest BCUT2D eigenvalue weighted by Crippen LogP contribution is -2.12. The normalized spacial score (nSPS) is 10.2. The third-order valence-electron chi connectivity index (χ3n) is 3.78. The molecule has 0 aliphatic carbocycles. The van der Waals surface area contributed by atoms with Crippen LogP contribution in [0.3, 0.4) is 0 Å². The second kappa shape index (κ2) is 8.22. The molecule has 4 nitrogen and oxygen atoms in total. The van der Waals surface area contributed by atoms with E-state index in [9.17, 15) is 4.79 Å². The van der Waals surface area contributed by atoms with Crippen molar-refractivity contribution < 1.29 is 14.3 Å². The second-order valence-electron chi connectivity index (χ2n) is 5.39. The number of hydrogen-bond acceptors (Lipinski definition) is 3. The highest BCUT2D eigenvalue weighted by Crippen LogP contribution is 2.23. The summed E-state index contributed by atoms with van der Waals surface area (Å²) in [5.41, 5.74) is 3.14. The fraction of sp³-hybridized carbons (Fsp3) is 0.316. The lowest BCUT2D eigenvalue weighted by molar-refractivity contribution is -0.116. The number of benzene rings is 2. The summed E-state index contributed by atoms with van der Waals surface area (Å²) in [6, 6.07) is 13.5. The summed E-state index contributed by atoms with van der Waals surface area (Å²) < 4.78 is 10.4. The number of rotatable bonds is 7. The molecular weight excluding hydrogens is 290 g/mol. The molecule has 2 rings (SSSR count). The quantitative estimate of drug-likeness (QED) is 0.841. The number of amides is 1. The zero-order valence-electron chi connectivity index (χ0n) is 13.9. The summed E-state index contributed by atoms with van der Waals surface area (Å²) in [6.45, 7) is 2.06. The average molecular weight is 313 g/mol. The molecule has 0 saturated carbocycles. The topological polar surface area (TPSA) is 47.6 Å². The summed E-state index contributed by atoms with van der Waals surface area (Å²) in [6.07, 6.45) is 2.15. The van der Waals surface area contributed by atoms with E-state index in [2.05, 4.69) is 18.3 Å². The Hall–Kier alpha value is -2.49. The number of anilines is 1. The molecule has 0 unspecified atom stereocenters. The van der Waals surface area contributed by atoms with Gasteiger partial charge in [0.1, 0.15) is 11.5 Å². The van der Waals surface area contributed by atoms with Crippen LogP contribution in [0.5, 0.6) is 11.5 Å². The van der Waals surface area contributed by atoms with E-state index in [1.807, 2.05) is 36.4 Å². The number of hydrogen-bond donors (Lipinski definition) is 1. The maximum Gasteiger partial charge on any atom is 0.224 e. The number of para-hydroxylation sites is 2. The van der Waals surface area contributed by atoms with Crippen LogP contribution in [-0.4, -0.2) is 20.1 Å². The molecule has 0 aliphatic heterocycles. The van der Waals surface area contributed by atoms with E-state index in [1.54, 1.807) is 14.2 Å². The van der Waals surface area contributed by atoms with E-state index < -0.39 is 0 Å². The molecule has 0 aliphatic rings. The van der Waals surface area contributed by atoms with Crippen LogP contribution in [0.1, 0.15) is 24.0 Å². The van der Waals surface area contributed by atoms with Crippen molar-refractivity contribution in [2.45, 2.75) is 26.2 Å². The molecule has 0 radical (unpaired) electrons. The summed E-state index contributed by atoms with van der Waals surface area (Å²) in [5.74, 6) is 1.53. The first-order valence-electron chi connectivity index (χ1n) is 7.70. The number of ether oxygens (including phenoxy) is 2. The van der Waals surface area contributed by atoms with Gasteiger partial charge in [-0.3, -0.25) is 4.79 Å². The number of carbonyl (C=O) groups is 1. The predicted octanol–water partition coefficient (Wildman–Crippen LogP) is 3.97. The molecule has 2 aromatic rings. The summed E-state index contributed by atoms with van der Waals surface area (Å²) in [5, 5.41) is 2.90. The van der Waals surface area contributed by atoms with Crippen molar-refractivity contribution in [1.29, 1.82) is 0 Å². The number of carbonyl (C=O) groups excluding carboxylic acids is 1. The summed E-state index contributed by atoms with van der Waals surface area (Å²) >= 11 is 0. The second-order valence-corrected chi connectivity index (χ2v) is 5.39. The van der Waals surface area contributed by atoms with E-state index in [-0.39, 0.29) is 5.91 Å². The number of methoxy groups -OCH3 is 2. The van der Waals surface area contributed by atoms with Gasteiger partial charge in [0.15, 0.2) is 0 Å². The molecule has 0 fully saturated rings. The standard InChI is InChI=1S/C19H23NO3/c1-14-13-16(22-2)12-11-15(14)7-6-10-19(21)20-17-8-4-5-9-18(17)23-3/h4-5,8-9,11-13H,6-7,10H2,1-3H3,(H,20,21). The minimum absolute atomic E-state index is 0.000615. The minimum atomic E-state index is 0.000615. The van der Waals surface area contributed by atoms with Crippen molar-refractivity contribution in [3.63, 3.8) is 0 Å². The van der Waals surface area contributed by atoms with Crippen molar-refractivity contribution >= 4 is 11.6 Å². The maximum absolute atomic E-state index is 12.1. The Morgan fingerprint density at radius 3 is 2.57 bits per heavy atom. The van der Waals surface area contributed by atoms with Crippen LogP contribution in [0.15, 0.2) is 42.5 Å². The van der Waals surface area contributed by atoms with Crippen molar-refractivity contribution in [1.82, 2.24) is 0 Å². The van der Waals surface area contributed by atoms with Gasteiger partial charge in [-0.25, -0.2) is 0 Å². The SMILES string of the molecule is COc1ccc(CCCC(=O)Nc2ccccc2OC)c(C)c1. The van der Waals surface area contributed by atoms with E-state index in [0.717, 1.165) is 18.6 Å². The van der Waals surface area contributed by atoms with Gasteiger partial charge >= 0.3 is 0 Å². The molecule has 0 heterocycles. The first kappa shape index (κ1) is 16.9. The molecule has 0 saturated heterocycles. The largest absolute Gasteiger partial charge is 0.497 e. The minimum Gasteiger partial charge on any atom is -0.497 e. The van der Waals surface area contributed by atoms with Crippen molar-refractivity contribution in [3.8, 4) is 11.5 Å². The Labute approximate surface area is 137 Å². The highest BCUT2D eigenvalue weighted by Gasteiger charge is 2.07. The number of nitrogens with one attached hydrogen (secondary N) is 1. The van der Waals surface area contributed by atoms with Crippen LogP contribution in [0.25, 0.3) is 0 Å². The Morgan fingerprint density at radius 2 is 1.87 bits per heavy atom. The van der Waals surface area contributed by atoms with E-state index in [4.69, 9.17) is 9.47 Å². The molecule has 0 atom stereocenters. The lowest BCUT2D eigenvalue weighted by atomic mass is 10.0. The van der Waals surface area contributed by atoms with Gasteiger partial charge in [-0.2, -0.15) is 0 Å². The first-order chi connectivity index (χ1) is 11.1. The first-order valence-corrected chi connectivity index (χ1v) is 7.70. The summed E-state index contributed by atoms with van der Waals surface area (Å²) in [7, 11) is 3.26. The van der Waals surface area contributed by atoms with E-state index in [0.29, 0.717) is 17.9 Å². The van der Waals surface area contributed by atoms with Gasteiger partial charge in [-0.15, -0.1) is 0 Å². The maximum atomic E-state index is 12.1. The zero-order chi connectivity index (χ0) is 16.7. The molecule has 0 aromatic heterocycles. The van der Waals surface area contributed by atoms with Crippen molar-refractivity contribution in [2.75, 3.05) is 19.5 Å². The zero-order valence-corrected chi connectivity index (χ0v) is 13.9. The summed E-state index contributed by atoms with van der Waals surface area (Å²) in [4.78, 5) is 12.1. The highest BCUT2D eigenvalue weighted by atomic mass is 16.5. The molecule has 0 bridgehead atoms. The van der Waals surface area contributed by atoms with Gasteiger partial charge in [0, 0.05) is 6.42 Å². The Balaban J connectivity index is 1.85. The smallest absolute Gasteiger partial charge is 0.224 e. The third-order valence-corrected chi connectivity index (χ3v) is 3.78. The van der Waals surface area contributed by atoms with Crippen molar-refractivity contribution in [2.24, 2.45) is 0 Å². The Morgan fingerprint density at radius 1 is 1.09 bits per heavy atom. The van der Waals surface area contributed by atoms with Gasteiger partial charge < -0.3 is 14.8 Å². The van der Waals surface area contributed by atoms with Crippen LogP contribution in [-0.2, 0) is 11.2 Å². The van der Waals surface area contributed by atoms with Crippen molar-refractivity contribution in [3.05, 3.63) is 53.6 Å². The molecule has 1 N–H and O–H groups in total. The Bertz CT molecular complexity index is 667. The van der Waals surface area contributed by atoms with E-state index >= 15 is 0 Å². The lowest BCUT2D eigenvalue weighted by Gasteiger charge is -2.10. The van der Waals surface area contributed by atoms with Gasteiger partial charge in [0.05, 0.1) is 19.9 Å². The van der Waals surface area contributed by atoms with Crippen LogP contribution < -0.4 is 14.8 Å². The van der Waals surface area contributed by atoms with Gasteiger partial charge in [0.2, 0.25) is 5.91 Å². The molecule has 122 valence electrons. The number of aryl methyl sites for hydroxylation is 2. The van der Waals surface area contributed by atoms with Gasteiger partial charge in [-0.05, 0) is 55.2 Å². The molecule has 23 heavy (non-hydrogen) atoms.